The number of halogens is 3. The average Bonchev–Trinajstić information content (AvgIpc) is 3.14. The summed E-state index contributed by atoms with van der Waals surface area (Å²) in [6.45, 7) is 2.88. The summed E-state index contributed by atoms with van der Waals surface area (Å²) < 4.78 is 42.0. The SMILES string of the molecule is C=CC(=O)Nc1cccc(-n2cc(-c3ccc4c(c3)C(C(F)(F)F)CNC4=O)c(N)n2)c1. The summed E-state index contributed by atoms with van der Waals surface area (Å²) in [6, 6.07) is 11.0. The van der Waals surface area contributed by atoms with Crippen molar-refractivity contribution in [2.75, 3.05) is 17.6 Å². The summed E-state index contributed by atoms with van der Waals surface area (Å²) >= 11 is 0. The Balaban J connectivity index is 1.73. The van der Waals surface area contributed by atoms with E-state index in [0.717, 1.165) is 6.08 Å². The van der Waals surface area contributed by atoms with Gasteiger partial charge < -0.3 is 16.4 Å². The number of carbonyl (C=O) groups is 2. The molecular weight excluding hydrogens is 423 g/mol. The maximum Gasteiger partial charge on any atom is 0.397 e. The first-order valence-electron chi connectivity index (χ1n) is 9.55. The van der Waals surface area contributed by atoms with Crippen molar-refractivity contribution < 1.29 is 22.8 Å². The minimum atomic E-state index is -4.51. The van der Waals surface area contributed by atoms with Crippen molar-refractivity contribution in [2.45, 2.75) is 12.1 Å². The molecule has 164 valence electrons. The highest BCUT2D eigenvalue weighted by atomic mass is 19.4. The summed E-state index contributed by atoms with van der Waals surface area (Å²) in [7, 11) is 0. The quantitative estimate of drug-likeness (QED) is 0.538. The maximum absolute atomic E-state index is 13.5. The van der Waals surface area contributed by atoms with Crippen LogP contribution >= 0.6 is 0 Å². The van der Waals surface area contributed by atoms with Crippen molar-refractivity contribution in [3.63, 3.8) is 0 Å². The maximum atomic E-state index is 13.5. The molecule has 1 aliphatic rings. The van der Waals surface area contributed by atoms with Gasteiger partial charge >= 0.3 is 6.18 Å². The molecule has 32 heavy (non-hydrogen) atoms. The van der Waals surface area contributed by atoms with E-state index in [4.69, 9.17) is 5.73 Å². The highest BCUT2D eigenvalue weighted by molar-refractivity contribution is 5.99. The zero-order valence-corrected chi connectivity index (χ0v) is 16.6. The van der Waals surface area contributed by atoms with Gasteiger partial charge in [-0.2, -0.15) is 18.3 Å². The van der Waals surface area contributed by atoms with E-state index in [9.17, 15) is 22.8 Å². The van der Waals surface area contributed by atoms with Crippen LogP contribution in [0.2, 0.25) is 0 Å². The molecule has 4 rings (SSSR count). The van der Waals surface area contributed by atoms with Crippen LogP contribution in [0.3, 0.4) is 0 Å². The van der Waals surface area contributed by atoms with Crippen LogP contribution in [0.5, 0.6) is 0 Å². The van der Waals surface area contributed by atoms with Gasteiger partial charge in [-0.05, 0) is 47.5 Å². The summed E-state index contributed by atoms with van der Waals surface area (Å²) in [6.07, 6.45) is -1.79. The van der Waals surface area contributed by atoms with Crippen molar-refractivity contribution in [1.82, 2.24) is 15.1 Å². The number of carbonyl (C=O) groups excluding carboxylic acids is 2. The van der Waals surface area contributed by atoms with Gasteiger partial charge in [0.05, 0.1) is 11.6 Å². The number of hydrogen-bond acceptors (Lipinski definition) is 4. The third-order valence-corrected chi connectivity index (χ3v) is 5.15. The number of anilines is 2. The largest absolute Gasteiger partial charge is 0.397 e. The van der Waals surface area contributed by atoms with Crippen molar-refractivity contribution in [1.29, 1.82) is 0 Å². The Morgan fingerprint density at radius 3 is 2.75 bits per heavy atom. The van der Waals surface area contributed by atoms with Crippen molar-refractivity contribution in [3.8, 4) is 16.8 Å². The molecule has 7 nitrogen and oxygen atoms in total. The van der Waals surface area contributed by atoms with Gasteiger partial charge in [0.2, 0.25) is 5.91 Å². The van der Waals surface area contributed by atoms with E-state index in [-0.39, 0.29) is 22.9 Å². The lowest BCUT2D eigenvalue weighted by atomic mass is 9.87. The number of fused-ring (bicyclic) bond motifs is 1. The van der Waals surface area contributed by atoms with Gasteiger partial charge in [-0.3, -0.25) is 9.59 Å². The van der Waals surface area contributed by atoms with Gasteiger partial charge in [-0.25, -0.2) is 4.68 Å². The van der Waals surface area contributed by atoms with Gasteiger partial charge in [0, 0.05) is 29.6 Å². The van der Waals surface area contributed by atoms with E-state index < -0.39 is 24.5 Å². The van der Waals surface area contributed by atoms with Crippen LogP contribution in [-0.4, -0.2) is 34.3 Å². The molecule has 0 saturated heterocycles. The Bertz CT molecular complexity index is 1230. The number of aromatic nitrogens is 2. The number of nitrogens with two attached hydrogens (primary N) is 1. The fraction of sp³-hybridized carbons (Fsp3) is 0.136. The van der Waals surface area contributed by atoms with E-state index in [1.165, 1.54) is 22.9 Å². The van der Waals surface area contributed by atoms with Gasteiger partial charge in [-0.1, -0.05) is 18.7 Å². The monoisotopic (exact) mass is 441 g/mol. The number of amides is 2. The van der Waals surface area contributed by atoms with E-state index in [1.807, 2.05) is 0 Å². The Kier molecular flexibility index (Phi) is 5.21. The number of nitrogens with one attached hydrogen (secondary N) is 2. The number of hydrogen-bond donors (Lipinski definition) is 3. The second-order valence-corrected chi connectivity index (χ2v) is 7.22. The second kappa shape index (κ2) is 7.88. The summed E-state index contributed by atoms with van der Waals surface area (Å²) in [5, 5.41) is 9.17. The molecule has 3 aromatic rings. The van der Waals surface area contributed by atoms with E-state index >= 15 is 0 Å². The van der Waals surface area contributed by atoms with Crippen LogP contribution in [0, 0.1) is 0 Å². The van der Waals surface area contributed by atoms with Crippen LogP contribution < -0.4 is 16.4 Å². The Labute approximate surface area is 180 Å². The predicted molar refractivity (Wildman–Crippen MR) is 113 cm³/mol. The molecule has 0 fully saturated rings. The fourth-order valence-electron chi connectivity index (χ4n) is 3.58. The number of alkyl halides is 3. The lowest BCUT2D eigenvalue weighted by molar-refractivity contribution is -0.149. The van der Waals surface area contributed by atoms with E-state index in [0.29, 0.717) is 22.5 Å². The molecule has 0 saturated carbocycles. The smallest absolute Gasteiger partial charge is 0.382 e. The minimum absolute atomic E-state index is 0.0149. The standard InChI is InChI=1S/C22H18F3N5O2/c1-2-19(31)28-13-4-3-5-14(9-13)30-11-17(20(26)29-30)12-6-7-15-16(8-12)18(22(23,24)25)10-27-21(15)32/h2-9,11,18H,1,10H2,(H2,26,29)(H,27,32)(H,28,31). The molecule has 2 aromatic carbocycles. The van der Waals surface area contributed by atoms with Gasteiger partial charge in [0.1, 0.15) is 0 Å². The molecule has 2 amide bonds. The van der Waals surface area contributed by atoms with E-state index in [1.54, 1.807) is 30.5 Å². The Morgan fingerprint density at radius 2 is 2.03 bits per heavy atom. The van der Waals surface area contributed by atoms with Gasteiger partial charge in [0.25, 0.3) is 5.91 Å². The molecule has 0 aliphatic carbocycles. The Hall–Kier alpha value is -4.08. The average molecular weight is 441 g/mol. The Morgan fingerprint density at radius 1 is 1.25 bits per heavy atom. The first-order chi connectivity index (χ1) is 15.2. The topological polar surface area (TPSA) is 102 Å². The number of nitrogen functional groups attached to an aromatic ring is 1. The first kappa shape index (κ1) is 21.2. The van der Waals surface area contributed by atoms with Crippen molar-refractivity contribution >= 4 is 23.3 Å². The highest BCUT2D eigenvalue weighted by Gasteiger charge is 2.44. The zero-order chi connectivity index (χ0) is 23.0. The molecule has 0 spiro atoms. The van der Waals surface area contributed by atoms with Crippen LogP contribution in [0.4, 0.5) is 24.7 Å². The first-order valence-corrected chi connectivity index (χ1v) is 9.55. The lowest BCUT2D eigenvalue weighted by Crippen LogP contribution is -2.40. The van der Waals surface area contributed by atoms with Gasteiger partial charge in [0.15, 0.2) is 5.82 Å². The zero-order valence-electron chi connectivity index (χ0n) is 16.6. The molecule has 1 aromatic heterocycles. The highest BCUT2D eigenvalue weighted by Crippen LogP contribution is 2.40. The number of nitrogens with zero attached hydrogens (tertiary/aromatic N) is 2. The summed E-state index contributed by atoms with van der Waals surface area (Å²) in [5.41, 5.74) is 7.86. The molecule has 0 radical (unpaired) electrons. The molecule has 1 unspecified atom stereocenters. The summed E-state index contributed by atoms with van der Waals surface area (Å²) in [4.78, 5) is 23.6. The van der Waals surface area contributed by atoms with Crippen LogP contribution in [0.15, 0.2) is 61.3 Å². The number of benzene rings is 2. The summed E-state index contributed by atoms with van der Waals surface area (Å²) in [5.74, 6) is -2.62. The second-order valence-electron chi connectivity index (χ2n) is 7.22. The molecule has 0 bridgehead atoms. The van der Waals surface area contributed by atoms with Crippen molar-refractivity contribution in [3.05, 3.63) is 72.4 Å². The molecule has 1 atom stereocenters. The van der Waals surface area contributed by atoms with Crippen LogP contribution in [0.1, 0.15) is 21.8 Å². The predicted octanol–water partition coefficient (Wildman–Crippen LogP) is 3.64. The number of rotatable bonds is 4. The van der Waals surface area contributed by atoms with Crippen molar-refractivity contribution in [2.24, 2.45) is 0 Å². The lowest BCUT2D eigenvalue weighted by Gasteiger charge is -2.28. The molecular formula is C22H18F3N5O2. The molecule has 4 N–H and O–H groups in total. The normalized spacial score (nSPS) is 15.6. The van der Waals surface area contributed by atoms with E-state index in [2.05, 4.69) is 22.3 Å². The van der Waals surface area contributed by atoms with Crippen LogP contribution in [-0.2, 0) is 4.79 Å². The van der Waals surface area contributed by atoms with Crippen LogP contribution in [0.25, 0.3) is 16.8 Å². The molecule has 1 aliphatic heterocycles. The molecule has 2 heterocycles. The molecule has 10 heteroatoms. The minimum Gasteiger partial charge on any atom is -0.382 e. The third-order valence-electron chi connectivity index (χ3n) is 5.15. The van der Waals surface area contributed by atoms with Gasteiger partial charge in [-0.15, -0.1) is 0 Å². The fourth-order valence-corrected chi connectivity index (χ4v) is 3.58. The third kappa shape index (κ3) is 3.94.